The van der Waals surface area contributed by atoms with Crippen molar-refractivity contribution in [2.75, 3.05) is 26.8 Å². The summed E-state index contributed by atoms with van der Waals surface area (Å²) in [5, 5.41) is 0.416. The first-order valence-corrected chi connectivity index (χ1v) is 6.94. The van der Waals surface area contributed by atoms with Gasteiger partial charge in [-0.25, -0.2) is 4.39 Å². The lowest BCUT2D eigenvalue weighted by molar-refractivity contribution is 0.0847. The van der Waals surface area contributed by atoms with Crippen LogP contribution in [0.4, 0.5) is 4.39 Å². The standard InChI is InChI=1S/C14H20ClFN2O/c1-19-6-5-18-4-2-3-13(17)14(18)10-7-11(15)9-12(16)8-10/h7-9,13-14H,2-6,17H2,1H3. The highest BCUT2D eigenvalue weighted by Crippen LogP contribution is 2.31. The van der Waals surface area contributed by atoms with Crippen molar-refractivity contribution in [3.63, 3.8) is 0 Å². The maximum Gasteiger partial charge on any atom is 0.125 e. The van der Waals surface area contributed by atoms with Gasteiger partial charge >= 0.3 is 0 Å². The van der Waals surface area contributed by atoms with E-state index in [1.54, 1.807) is 13.2 Å². The molecule has 3 nitrogen and oxygen atoms in total. The molecule has 0 radical (unpaired) electrons. The second-order valence-corrected chi connectivity index (χ2v) is 5.42. The van der Waals surface area contributed by atoms with Crippen LogP contribution in [0.15, 0.2) is 18.2 Å². The van der Waals surface area contributed by atoms with Crippen molar-refractivity contribution in [3.05, 3.63) is 34.6 Å². The van der Waals surface area contributed by atoms with Crippen molar-refractivity contribution in [3.8, 4) is 0 Å². The summed E-state index contributed by atoms with van der Waals surface area (Å²) >= 11 is 5.95. The third-order valence-corrected chi connectivity index (χ3v) is 3.81. The molecule has 19 heavy (non-hydrogen) atoms. The van der Waals surface area contributed by atoms with E-state index in [9.17, 15) is 4.39 Å². The van der Waals surface area contributed by atoms with Crippen LogP contribution in [0.1, 0.15) is 24.4 Å². The Morgan fingerprint density at radius 2 is 2.26 bits per heavy atom. The number of hydrogen-bond acceptors (Lipinski definition) is 3. The predicted octanol–water partition coefficient (Wildman–Crippen LogP) is 2.59. The molecule has 2 unspecified atom stereocenters. The lowest BCUT2D eigenvalue weighted by atomic mass is 9.91. The summed E-state index contributed by atoms with van der Waals surface area (Å²) in [6.45, 7) is 2.39. The van der Waals surface area contributed by atoms with E-state index in [1.807, 2.05) is 0 Å². The van der Waals surface area contributed by atoms with Crippen LogP contribution in [0, 0.1) is 5.82 Å². The lowest BCUT2D eigenvalue weighted by Crippen LogP contribution is -2.46. The Hall–Kier alpha value is -0.680. The van der Waals surface area contributed by atoms with Gasteiger partial charge in [-0.2, -0.15) is 0 Å². The van der Waals surface area contributed by atoms with E-state index in [0.29, 0.717) is 11.6 Å². The van der Waals surface area contributed by atoms with Crippen molar-refractivity contribution in [2.45, 2.75) is 24.9 Å². The van der Waals surface area contributed by atoms with E-state index in [0.717, 1.165) is 31.5 Å². The molecule has 2 N–H and O–H groups in total. The third kappa shape index (κ3) is 3.66. The number of halogens is 2. The van der Waals surface area contributed by atoms with Gasteiger partial charge in [0.1, 0.15) is 5.82 Å². The highest BCUT2D eigenvalue weighted by molar-refractivity contribution is 6.30. The van der Waals surface area contributed by atoms with E-state index in [2.05, 4.69) is 4.90 Å². The maximum atomic E-state index is 13.5. The quantitative estimate of drug-likeness (QED) is 0.925. The van der Waals surface area contributed by atoms with Crippen LogP contribution in [0.2, 0.25) is 5.02 Å². The number of piperidine rings is 1. The summed E-state index contributed by atoms with van der Waals surface area (Å²) in [6, 6.07) is 4.67. The summed E-state index contributed by atoms with van der Waals surface area (Å²) in [4.78, 5) is 2.25. The molecule has 0 bridgehead atoms. The summed E-state index contributed by atoms with van der Waals surface area (Å²) in [5.74, 6) is -0.313. The largest absolute Gasteiger partial charge is 0.383 e. The number of rotatable bonds is 4. The van der Waals surface area contributed by atoms with Gasteiger partial charge in [-0.15, -0.1) is 0 Å². The minimum Gasteiger partial charge on any atom is -0.383 e. The van der Waals surface area contributed by atoms with Crippen LogP contribution in [0.25, 0.3) is 0 Å². The molecular formula is C14H20ClFN2O. The van der Waals surface area contributed by atoms with Crippen molar-refractivity contribution >= 4 is 11.6 Å². The topological polar surface area (TPSA) is 38.5 Å². The molecule has 0 aromatic heterocycles. The van der Waals surface area contributed by atoms with Crippen LogP contribution >= 0.6 is 11.6 Å². The first-order chi connectivity index (χ1) is 9.11. The first kappa shape index (κ1) is 14.7. The number of hydrogen-bond donors (Lipinski definition) is 1. The van der Waals surface area contributed by atoms with E-state index < -0.39 is 0 Å². The lowest BCUT2D eigenvalue weighted by Gasteiger charge is -2.40. The second kappa shape index (κ2) is 6.66. The smallest absolute Gasteiger partial charge is 0.125 e. The van der Waals surface area contributed by atoms with Crippen LogP contribution in [-0.2, 0) is 4.74 Å². The van der Waals surface area contributed by atoms with E-state index in [1.165, 1.54) is 12.1 Å². The Morgan fingerprint density at radius 3 is 2.95 bits per heavy atom. The van der Waals surface area contributed by atoms with Crippen molar-refractivity contribution < 1.29 is 9.13 Å². The average molecular weight is 287 g/mol. The van der Waals surface area contributed by atoms with Gasteiger partial charge in [0.25, 0.3) is 0 Å². The zero-order valence-corrected chi connectivity index (χ0v) is 11.9. The molecule has 2 rings (SSSR count). The Kier molecular flexibility index (Phi) is 5.16. The fourth-order valence-electron chi connectivity index (χ4n) is 2.76. The van der Waals surface area contributed by atoms with Crippen molar-refractivity contribution in [1.29, 1.82) is 0 Å². The molecule has 0 spiro atoms. The molecule has 1 saturated heterocycles. The zero-order valence-electron chi connectivity index (χ0n) is 11.1. The highest BCUT2D eigenvalue weighted by atomic mass is 35.5. The summed E-state index contributed by atoms with van der Waals surface area (Å²) in [6.07, 6.45) is 2.01. The van der Waals surface area contributed by atoms with Gasteiger partial charge in [-0.3, -0.25) is 4.90 Å². The molecule has 0 aliphatic carbocycles. The van der Waals surface area contributed by atoms with Gasteiger partial charge in [0.2, 0.25) is 0 Å². The van der Waals surface area contributed by atoms with Gasteiger partial charge in [0.15, 0.2) is 0 Å². The normalized spacial score (nSPS) is 24.6. The van der Waals surface area contributed by atoms with Crippen LogP contribution in [0.3, 0.4) is 0 Å². The van der Waals surface area contributed by atoms with E-state index in [-0.39, 0.29) is 17.9 Å². The Balaban J connectivity index is 2.25. The molecule has 1 aliphatic rings. The van der Waals surface area contributed by atoms with Crippen molar-refractivity contribution in [2.24, 2.45) is 5.73 Å². The first-order valence-electron chi connectivity index (χ1n) is 6.56. The third-order valence-electron chi connectivity index (χ3n) is 3.59. The van der Waals surface area contributed by atoms with E-state index >= 15 is 0 Å². The number of likely N-dealkylation sites (tertiary alicyclic amines) is 1. The molecule has 0 saturated carbocycles. The van der Waals surface area contributed by atoms with Gasteiger partial charge in [-0.05, 0) is 43.1 Å². The van der Waals surface area contributed by atoms with Crippen LogP contribution < -0.4 is 5.73 Å². The Morgan fingerprint density at radius 1 is 1.47 bits per heavy atom. The number of ether oxygens (including phenoxy) is 1. The molecule has 1 aliphatic heterocycles. The Bertz CT molecular complexity index is 410. The van der Waals surface area contributed by atoms with E-state index in [4.69, 9.17) is 22.1 Å². The Labute approximate surface area is 118 Å². The molecule has 1 fully saturated rings. The average Bonchev–Trinajstić information content (AvgIpc) is 2.35. The second-order valence-electron chi connectivity index (χ2n) is 4.98. The minimum absolute atomic E-state index is 0.00322. The molecule has 2 atom stereocenters. The monoisotopic (exact) mass is 286 g/mol. The zero-order chi connectivity index (χ0) is 13.8. The highest BCUT2D eigenvalue weighted by Gasteiger charge is 2.30. The van der Waals surface area contributed by atoms with Crippen LogP contribution in [0.5, 0.6) is 0 Å². The SMILES string of the molecule is COCCN1CCCC(N)C1c1cc(F)cc(Cl)c1. The number of methoxy groups -OCH3 is 1. The molecule has 106 valence electrons. The van der Waals surface area contributed by atoms with Crippen LogP contribution in [-0.4, -0.2) is 37.7 Å². The van der Waals surface area contributed by atoms with Gasteiger partial charge in [-0.1, -0.05) is 11.6 Å². The summed E-state index contributed by atoms with van der Waals surface area (Å²) in [7, 11) is 1.68. The number of nitrogens with two attached hydrogens (primary N) is 1. The summed E-state index contributed by atoms with van der Waals surface area (Å²) in [5.41, 5.74) is 7.08. The fourth-order valence-corrected chi connectivity index (χ4v) is 2.99. The van der Waals surface area contributed by atoms with Gasteiger partial charge in [0.05, 0.1) is 12.6 Å². The molecule has 1 heterocycles. The summed E-state index contributed by atoms with van der Waals surface area (Å²) < 4.78 is 18.6. The number of benzene rings is 1. The molecule has 5 heteroatoms. The van der Waals surface area contributed by atoms with Crippen molar-refractivity contribution in [1.82, 2.24) is 4.90 Å². The fraction of sp³-hybridized carbons (Fsp3) is 0.571. The number of nitrogens with zero attached hydrogens (tertiary/aromatic N) is 1. The molecule has 0 amide bonds. The molecule has 1 aromatic rings. The van der Waals surface area contributed by atoms with Gasteiger partial charge < -0.3 is 10.5 Å². The molecule has 1 aromatic carbocycles. The molecular weight excluding hydrogens is 267 g/mol. The predicted molar refractivity (Wildman–Crippen MR) is 74.8 cm³/mol. The maximum absolute atomic E-state index is 13.5. The minimum atomic E-state index is -0.313. The van der Waals surface area contributed by atoms with Gasteiger partial charge in [0, 0.05) is 24.7 Å².